The molecule has 156 valence electrons. The number of hydrogen-bond donors (Lipinski definition) is 0. The van der Waals surface area contributed by atoms with Crippen LogP contribution >= 0.6 is 0 Å². The molecular weight excluding hydrogens is 346 g/mol. The zero-order valence-corrected chi connectivity index (χ0v) is 19.3. The van der Waals surface area contributed by atoms with Crippen LogP contribution in [0.5, 0.6) is 5.75 Å². The molecule has 0 fully saturated rings. The summed E-state index contributed by atoms with van der Waals surface area (Å²) in [6.45, 7) is 11.8. The molecule has 0 bridgehead atoms. The normalized spacial score (nSPS) is 10.9. The quantitative estimate of drug-likeness (QED) is 0.582. The SMILES string of the molecule is CC.CC.CCc1cc(OC)ccc1-c1ccc(CC(C(C)=O)N(C)C)cc1. The minimum atomic E-state index is -0.0666. The highest BCUT2D eigenvalue weighted by Gasteiger charge is 2.17. The number of aryl methyl sites for hydroxylation is 1. The molecule has 0 saturated heterocycles. The third-order valence-corrected chi connectivity index (χ3v) is 4.48. The fourth-order valence-electron chi connectivity index (χ4n) is 3.00. The molecule has 0 aromatic heterocycles. The number of rotatable bonds is 7. The summed E-state index contributed by atoms with van der Waals surface area (Å²) in [7, 11) is 5.59. The number of ketones is 1. The number of hydrogen-bond acceptors (Lipinski definition) is 3. The van der Waals surface area contributed by atoms with Gasteiger partial charge in [0.2, 0.25) is 0 Å². The molecule has 28 heavy (non-hydrogen) atoms. The molecule has 0 heterocycles. The second-order valence-electron chi connectivity index (χ2n) is 6.37. The summed E-state index contributed by atoms with van der Waals surface area (Å²) < 4.78 is 5.32. The average molecular weight is 386 g/mol. The van der Waals surface area contributed by atoms with Crippen LogP contribution in [0, 0.1) is 0 Å². The largest absolute Gasteiger partial charge is 0.497 e. The van der Waals surface area contributed by atoms with Gasteiger partial charge >= 0.3 is 0 Å². The molecule has 0 spiro atoms. The van der Waals surface area contributed by atoms with Gasteiger partial charge in [0.25, 0.3) is 0 Å². The number of carbonyl (C=O) groups excluding carboxylic acids is 1. The van der Waals surface area contributed by atoms with Gasteiger partial charge in [-0.05, 0) is 68.2 Å². The standard InChI is InChI=1S/C21H27NO2.2C2H6/c1-6-17-14-19(24-5)11-12-20(17)18-9-7-16(8-10-18)13-21(15(2)23)22(3)4;2*1-2/h7-12,14,21H,6,13H2,1-5H3;2*1-2H3. The fourth-order valence-corrected chi connectivity index (χ4v) is 3.00. The summed E-state index contributed by atoms with van der Waals surface area (Å²) in [6, 6.07) is 14.7. The zero-order chi connectivity index (χ0) is 21.7. The number of methoxy groups -OCH3 is 1. The van der Waals surface area contributed by atoms with Gasteiger partial charge in [-0.25, -0.2) is 0 Å². The van der Waals surface area contributed by atoms with E-state index in [1.165, 1.54) is 22.3 Å². The summed E-state index contributed by atoms with van der Waals surface area (Å²) in [4.78, 5) is 13.7. The van der Waals surface area contributed by atoms with E-state index in [9.17, 15) is 4.79 Å². The Morgan fingerprint density at radius 3 is 2.00 bits per heavy atom. The number of likely N-dealkylation sites (N-methyl/N-ethyl adjacent to an activating group) is 1. The van der Waals surface area contributed by atoms with Crippen molar-refractivity contribution >= 4 is 5.78 Å². The van der Waals surface area contributed by atoms with Crippen LogP contribution in [0.15, 0.2) is 42.5 Å². The van der Waals surface area contributed by atoms with Crippen molar-refractivity contribution in [1.29, 1.82) is 0 Å². The third kappa shape index (κ3) is 7.47. The van der Waals surface area contributed by atoms with Gasteiger partial charge in [-0.15, -0.1) is 0 Å². The van der Waals surface area contributed by atoms with Crippen molar-refractivity contribution in [3.05, 3.63) is 53.6 Å². The molecule has 0 aliphatic carbocycles. The molecule has 3 heteroatoms. The average Bonchev–Trinajstić information content (AvgIpc) is 2.74. The van der Waals surface area contributed by atoms with Crippen LogP contribution in [0.25, 0.3) is 11.1 Å². The maximum Gasteiger partial charge on any atom is 0.147 e. The van der Waals surface area contributed by atoms with E-state index in [2.05, 4.69) is 43.3 Å². The van der Waals surface area contributed by atoms with Gasteiger partial charge in [-0.2, -0.15) is 0 Å². The predicted octanol–water partition coefficient (Wildman–Crippen LogP) is 6.04. The first kappa shape index (κ1) is 25.9. The summed E-state index contributed by atoms with van der Waals surface area (Å²) in [6.07, 6.45) is 1.70. The van der Waals surface area contributed by atoms with Crippen molar-refractivity contribution in [3.8, 4) is 16.9 Å². The summed E-state index contributed by atoms with van der Waals surface area (Å²) in [5.74, 6) is 1.09. The minimum Gasteiger partial charge on any atom is -0.497 e. The lowest BCUT2D eigenvalue weighted by atomic mass is 9.95. The predicted molar refractivity (Wildman–Crippen MR) is 122 cm³/mol. The Kier molecular flexibility index (Phi) is 12.9. The number of Topliss-reactive ketones (excluding diaryl/α,β-unsaturated/α-hetero) is 1. The first-order valence-electron chi connectivity index (χ1n) is 10.4. The summed E-state index contributed by atoms with van der Waals surface area (Å²) in [5.41, 5.74) is 4.89. The molecule has 3 nitrogen and oxygen atoms in total. The van der Waals surface area contributed by atoms with E-state index in [4.69, 9.17) is 4.74 Å². The molecule has 0 aliphatic rings. The highest BCUT2D eigenvalue weighted by molar-refractivity contribution is 5.81. The molecule has 0 aliphatic heterocycles. The Morgan fingerprint density at radius 1 is 1.00 bits per heavy atom. The van der Waals surface area contributed by atoms with Gasteiger partial charge in [0.15, 0.2) is 0 Å². The molecule has 2 aromatic rings. The van der Waals surface area contributed by atoms with Gasteiger partial charge in [0.1, 0.15) is 11.5 Å². The van der Waals surface area contributed by atoms with Crippen molar-refractivity contribution in [2.24, 2.45) is 0 Å². The van der Waals surface area contributed by atoms with Crippen LogP contribution in [-0.2, 0) is 17.6 Å². The van der Waals surface area contributed by atoms with Gasteiger partial charge in [-0.3, -0.25) is 9.69 Å². The zero-order valence-electron chi connectivity index (χ0n) is 19.3. The van der Waals surface area contributed by atoms with Crippen LogP contribution in [0.3, 0.4) is 0 Å². The van der Waals surface area contributed by atoms with E-state index in [-0.39, 0.29) is 11.8 Å². The van der Waals surface area contributed by atoms with E-state index in [1.807, 2.05) is 52.8 Å². The van der Waals surface area contributed by atoms with Crippen LogP contribution in [0.4, 0.5) is 0 Å². The van der Waals surface area contributed by atoms with Gasteiger partial charge in [0.05, 0.1) is 13.2 Å². The molecule has 1 atom stereocenters. The Morgan fingerprint density at radius 2 is 1.57 bits per heavy atom. The Balaban J connectivity index is 0.00000171. The van der Waals surface area contributed by atoms with Crippen LogP contribution in [0.1, 0.15) is 52.7 Å². The van der Waals surface area contributed by atoms with Gasteiger partial charge < -0.3 is 4.74 Å². The Labute approximate surface area is 172 Å². The van der Waals surface area contributed by atoms with E-state index in [0.717, 1.165) is 18.6 Å². The molecule has 1 unspecified atom stereocenters. The molecule has 0 amide bonds. The summed E-state index contributed by atoms with van der Waals surface area (Å²) >= 11 is 0. The number of nitrogens with zero attached hydrogens (tertiary/aromatic N) is 1. The smallest absolute Gasteiger partial charge is 0.147 e. The van der Waals surface area contributed by atoms with Crippen LogP contribution < -0.4 is 4.74 Å². The summed E-state index contributed by atoms with van der Waals surface area (Å²) in [5, 5.41) is 0. The third-order valence-electron chi connectivity index (χ3n) is 4.48. The monoisotopic (exact) mass is 385 g/mol. The van der Waals surface area contributed by atoms with Crippen molar-refractivity contribution in [1.82, 2.24) is 4.90 Å². The lowest BCUT2D eigenvalue weighted by Crippen LogP contribution is -2.36. The second-order valence-corrected chi connectivity index (χ2v) is 6.37. The maximum atomic E-state index is 11.8. The maximum absolute atomic E-state index is 11.8. The van der Waals surface area contributed by atoms with Crippen LogP contribution in [-0.4, -0.2) is 37.9 Å². The Bertz CT molecular complexity index is 690. The van der Waals surface area contributed by atoms with E-state index in [1.54, 1.807) is 14.0 Å². The molecule has 0 saturated carbocycles. The second kappa shape index (κ2) is 14.0. The topological polar surface area (TPSA) is 29.5 Å². The highest BCUT2D eigenvalue weighted by atomic mass is 16.5. The molecular formula is C25H39NO2. The van der Waals surface area contributed by atoms with Crippen molar-refractivity contribution in [3.63, 3.8) is 0 Å². The lowest BCUT2D eigenvalue weighted by molar-refractivity contribution is -0.121. The Hall–Kier alpha value is -2.13. The van der Waals surface area contributed by atoms with E-state index in [0.29, 0.717) is 0 Å². The molecule has 2 rings (SSSR count). The van der Waals surface area contributed by atoms with Crippen molar-refractivity contribution < 1.29 is 9.53 Å². The molecule has 0 radical (unpaired) electrons. The van der Waals surface area contributed by atoms with E-state index >= 15 is 0 Å². The number of benzene rings is 2. The van der Waals surface area contributed by atoms with Crippen LogP contribution in [0.2, 0.25) is 0 Å². The fraction of sp³-hybridized carbons (Fsp3) is 0.480. The number of carbonyl (C=O) groups is 1. The first-order chi connectivity index (χ1) is 13.5. The minimum absolute atomic E-state index is 0.0666. The van der Waals surface area contributed by atoms with Gasteiger partial charge in [-0.1, -0.05) is 65.0 Å². The first-order valence-corrected chi connectivity index (χ1v) is 10.4. The van der Waals surface area contributed by atoms with Crippen molar-refractivity contribution in [2.45, 2.75) is 60.4 Å². The van der Waals surface area contributed by atoms with Crippen molar-refractivity contribution in [2.75, 3.05) is 21.2 Å². The number of ether oxygens (including phenoxy) is 1. The highest BCUT2D eigenvalue weighted by Crippen LogP contribution is 2.28. The van der Waals surface area contributed by atoms with E-state index < -0.39 is 0 Å². The van der Waals surface area contributed by atoms with Gasteiger partial charge in [0, 0.05) is 0 Å². The molecule has 2 aromatic carbocycles. The molecule has 0 N–H and O–H groups in total. The lowest BCUT2D eigenvalue weighted by Gasteiger charge is -2.21.